The zero-order valence-corrected chi connectivity index (χ0v) is 6.96. The predicted octanol–water partition coefficient (Wildman–Crippen LogP) is 1.49. The fourth-order valence-electron chi connectivity index (χ4n) is 0.857. The Morgan fingerprint density at radius 1 is 1.50 bits per heavy atom. The number of hydrogen-bond donors (Lipinski definition) is 2. The fraction of sp³-hybridized carbons (Fsp3) is 0.222. The van der Waals surface area contributed by atoms with Crippen LogP contribution in [0.4, 0.5) is 5.69 Å². The Hall–Kier alpha value is -1.53. The molecule has 0 saturated carbocycles. The van der Waals surface area contributed by atoms with Gasteiger partial charge < -0.3 is 5.43 Å². The molecule has 0 radical (unpaired) electrons. The first kappa shape index (κ1) is 8.57. The van der Waals surface area contributed by atoms with E-state index in [1.807, 2.05) is 19.1 Å². The molecule has 1 aromatic carbocycles. The van der Waals surface area contributed by atoms with Crippen molar-refractivity contribution in [2.45, 2.75) is 6.92 Å². The van der Waals surface area contributed by atoms with Crippen LogP contribution < -0.4 is 10.9 Å². The van der Waals surface area contributed by atoms with Crippen molar-refractivity contribution in [2.75, 3.05) is 12.0 Å². The Bertz CT molecular complexity index is 288. The van der Waals surface area contributed by atoms with Crippen molar-refractivity contribution in [1.29, 1.82) is 5.26 Å². The second kappa shape index (κ2) is 4.37. The van der Waals surface area contributed by atoms with Crippen LogP contribution in [0.25, 0.3) is 0 Å². The molecule has 12 heavy (non-hydrogen) atoms. The summed E-state index contributed by atoms with van der Waals surface area (Å²) in [6.07, 6.45) is 0. The summed E-state index contributed by atoms with van der Waals surface area (Å²) in [6, 6.07) is 9.40. The average molecular weight is 161 g/mol. The first-order valence-corrected chi connectivity index (χ1v) is 3.86. The van der Waals surface area contributed by atoms with Crippen LogP contribution in [0.5, 0.6) is 0 Å². The van der Waals surface area contributed by atoms with Crippen LogP contribution in [0.2, 0.25) is 0 Å². The Labute approximate surface area is 72.0 Å². The summed E-state index contributed by atoms with van der Waals surface area (Å²) in [5, 5.41) is 8.59. The average Bonchev–Trinajstić information content (AvgIpc) is 2.15. The molecular weight excluding hydrogens is 150 g/mol. The second-order valence-electron chi connectivity index (χ2n) is 2.35. The van der Waals surface area contributed by atoms with Crippen molar-refractivity contribution < 1.29 is 0 Å². The molecule has 0 unspecified atom stereocenters. The Morgan fingerprint density at radius 2 is 2.33 bits per heavy atom. The van der Waals surface area contributed by atoms with E-state index in [2.05, 4.69) is 16.9 Å². The van der Waals surface area contributed by atoms with E-state index in [4.69, 9.17) is 5.26 Å². The second-order valence-corrected chi connectivity index (χ2v) is 2.35. The first-order chi connectivity index (χ1) is 5.86. The van der Waals surface area contributed by atoms with Gasteiger partial charge in [-0.3, -0.25) is 0 Å². The summed E-state index contributed by atoms with van der Waals surface area (Å²) in [5.74, 6) is 0. The monoisotopic (exact) mass is 161 g/mol. The van der Waals surface area contributed by atoms with Gasteiger partial charge in [-0.1, -0.05) is 13.0 Å². The van der Waals surface area contributed by atoms with Gasteiger partial charge in [-0.05, 0) is 18.2 Å². The Balaban J connectivity index is 2.68. The van der Waals surface area contributed by atoms with Gasteiger partial charge in [-0.25, -0.2) is 5.43 Å². The summed E-state index contributed by atoms with van der Waals surface area (Å²) in [5.41, 5.74) is 7.50. The van der Waals surface area contributed by atoms with Crippen LogP contribution in [0.3, 0.4) is 0 Å². The van der Waals surface area contributed by atoms with Gasteiger partial charge >= 0.3 is 0 Å². The number of nitriles is 1. The molecule has 62 valence electrons. The summed E-state index contributed by atoms with van der Waals surface area (Å²) in [6.45, 7) is 2.85. The topological polar surface area (TPSA) is 47.8 Å². The lowest BCUT2D eigenvalue weighted by atomic mass is 10.2. The Kier molecular flexibility index (Phi) is 3.12. The van der Waals surface area contributed by atoms with Gasteiger partial charge in [0, 0.05) is 6.54 Å². The highest BCUT2D eigenvalue weighted by molar-refractivity contribution is 5.48. The molecule has 2 N–H and O–H groups in total. The molecule has 1 rings (SSSR count). The van der Waals surface area contributed by atoms with Crippen LogP contribution in [0.15, 0.2) is 24.3 Å². The van der Waals surface area contributed by atoms with E-state index in [0.29, 0.717) is 5.56 Å². The number of rotatable bonds is 3. The molecule has 0 saturated heterocycles. The minimum Gasteiger partial charge on any atom is -0.321 e. The molecule has 1 aromatic rings. The van der Waals surface area contributed by atoms with Crippen molar-refractivity contribution in [3.63, 3.8) is 0 Å². The van der Waals surface area contributed by atoms with E-state index in [1.54, 1.807) is 12.1 Å². The van der Waals surface area contributed by atoms with Crippen molar-refractivity contribution in [2.24, 2.45) is 0 Å². The van der Waals surface area contributed by atoms with Gasteiger partial charge in [0.15, 0.2) is 0 Å². The highest BCUT2D eigenvalue weighted by Gasteiger charge is 1.91. The van der Waals surface area contributed by atoms with Crippen LogP contribution in [0, 0.1) is 11.3 Å². The quantitative estimate of drug-likeness (QED) is 0.660. The minimum atomic E-state index is 0.665. The van der Waals surface area contributed by atoms with Gasteiger partial charge in [0.05, 0.1) is 17.3 Å². The summed E-state index contributed by atoms with van der Waals surface area (Å²) >= 11 is 0. The zero-order valence-electron chi connectivity index (χ0n) is 6.96. The van der Waals surface area contributed by atoms with E-state index >= 15 is 0 Å². The van der Waals surface area contributed by atoms with E-state index in [1.165, 1.54) is 0 Å². The highest BCUT2D eigenvalue weighted by atomic mass is 15.3. The minimum absolute atomic E-state index is 0.665. The van der Waals surface area contributed by atoms with Crippen LogP contribution >= 0.6 is 0 Å². The number of benzene rings is 1. The standard InChI is InChI=1S/C9H11N3/c1-2-11-12-9-5-3-4-8(6-9)7-10/h3-6,11-12H,2H2,1H3. The maximum Gasteiger partial charge on any atom is 0.0992 e. The lowest BCUT2D eigenvalue weighted by molar-refractivity contribution is 0.844. The molecule has 0 aliphatic carbocycles. The van der Waals surface area contributed by atoms with Gasteiger partial charge in [-0.2, -0.15) is 5.26 Å². The summed E-state index contributed by atoms with van der Waals surface area (Å²) in [4.78, 5) is 0. The number of hydrazine groups is 1. The van der Waals surface area contributed by atoms with E-state index < -0.39 is 0 Å². The smallest absolute Gasteiger partial charge is 0.0992 e. The molecule has 0 spiro atoms. The van der Waals surface area contributed by atoms with Gasteiger partial charge in [-0.15, -0.1) is 0 Å². The summed E-state index contributed by atoms with van der Waals surface area (Å²) < 4.78 is 0. The molecule has 0 heterocycles. The largest absolute Gasteiger partial charge is 0.321 e. The van der Waals surface area contributed by atoms with E-state index in [0.717, 1.165) is 12.2 Å². The number of nitrogens with zero attached hydrogens (tertiary/aromatic N) is 1. The number of hydrogen-bond acceptors (Lipinski definition) is 3. The molecule has 0 aliphatic rings. The number of nitrogens with one attached hydrogen (secondary N) is 2. The van der Waals surface area contributed by atoms with Crippen molar-refractivity contribution in [3.05, 3.63) is 29.8 Å². The van der Waals surface area contributed by atoms with Crippen molar-refractivity contribution >= 4 is 5.69 Å². The predicted molar refractivity (Wildman–Crippen MR) is 48.5 cm³/mol. The van der Waals surface area contributed by atoms with Gasteiger partial charge in [0.25, 0.3) is 0 Å². The third kappa shape index (κ3) is 2.26. The lowest BCUT2D eigenvalue weighted by Gasteiger charge is -2.05. The highest BCUT2D eigenvalue weighted by Crippen LogP contribution is 2.07. The molecule has 3 nitrogen and oxygen atoms in total. The molecule has 0 bridgehead atoms. The Morgan fingerprint density at radius 3 is 3.00 bits per heavy atom. The molecule has 0 aromatic heterocycles. The van der Waals surface area contributed by atoms with Crippen molar-refractivity contribution in [3.8, 4) is 6.07 Å². The third-order valence-corrected chi connectivity index (χ3v) is 1.40. The van der Waals surface area contributed by atoms with Crippen LogP contribution in [0.1, 0.15) is 12.5 Å². The van der Waals surface area contributed by atoms with Gasteiger partial charge in [0.1, 0.15) is 0 Å². The van der Waals surface area contributed by atoms with Crippen LogP contribution in [-0.2, 0) is 0 Å². The molecule has 0 atom stereocenters. The van der Waals surface area contributed by atoms with Gasteiger partial charge in [0.2, 0.25) is 0 Å². The maximum absolute atomic E-state index is 8.59. The summed E-state index contributed by atoms with van der Waals surface area (Å²) in [7, 11) is 0. The normalized spacial score (nSPS) is 9.00. The molecule has 3 heteroatoms. The molecule has 0 fully saturated rings. The number of anilines is 1. The van der Waals surface area contributed by atoms with E-state index in [9.17, 15) is 0 Å². The lowest BCUT2D eigenvalue weighted by Crippen LogP contribution is -2.20. The van der Waals surface area contributed by atoms with Crippen molar-refractivity contribution in [1.82, 2.24) is 5.43 Å². The fourth-order valence-corrected chi connectivity index (χ4v) is 0.857. The SMILES string of the molecule is CCNNc1cccc(C#N)c1. The zero-order chi connectivity index (χ0) is 8.81. The molecule has 0 aliphatic heterocycles. The first-order valence-electron chi connectivity index (χ1n) is 3.86. The molecular formula is C9H11N3. The van der Waals surface area contributed by atoms with E-state index in [-0.39, 0.29) is 0 Å². The third-order valence-electron chi connectivity index (χ3n) is 1.40. The molecule has 0 amide bonds. The maximum atomic E-state index is 8.59. The van der Waals surface area contributed by atoms with Crippen LogP contribution in [-0.4, -0.2) is 6.54 Å².